The van der Waals surface area contributed by atoms with Crippen molar-refractivity contribution < 1.29 is 9.84 Å². The molecule has 0 saturated carbocycles. The van der Waals surface area contributed by atoms with E-state index >= 15 is 0 Å². The summed E-state index contributed by atoms with van der Waals surface area (Å²) in [5, 5.41) is 9.99. The highest BCUT2D eigenvalue weighted by atomic mass is 16.5. The molecule has 1 aliphatic rings. The second-order valence-electron chi connectivity index (χ2n) is 5.69. The van der Waals surface area contributed by atoms with E-state index in [0.29, 0.717) is 6.42 Å². The standard InChI is InChI=1S/C18H26O2/c1-2-3-5-10-17-13-16(19)14-18(20-17)12-11-15-8-6-4-7-9-15/h4,6-9,11-12,16-19H,2-3,5,10,13-14H2,1H3/b12-11+/t16-,17-,18+/m0/s1. The molecule has 3 atom stereocenters. The second kappa shape index (κ2) is 8.23. The Morgan fingerprint density at radius 1 is 1.20 bits per heavy atom. The number of aliphatic hydroxyl groups excluding tert-OH is 1. The van der Waals surface area contributed by atoms with Crippen LogP contribution in [0.3, 0.4) is 0 Å². The zero-order valence-electron chi connectivity index (χ0n) is 12.4. The Labute approximate surface area is 122 Å². The lowest BCUT2D eigenvalue weighted by Gasteiger charge is -2.32. The SMILES string of the molecule is CCCCC[C@H]1C[C@H](O)C[C@@H](/C=C/c2ccccc2)O1. The summed E-state index contributed by atoms with van der Waals surface area (Å²) in [6.07, 6.45) is 10.5. The average Bonchev–Trinajstić information content (AvgIpc) is 2.46. The predicted octanol–water partition coefficient (Wildman–Crippen LogP) is 4.19. The molecule has 1 aromatic carbocycles. The van der Waals surface area contributed by atoms with E-state index < -0.39 is 0 Å². The maximum Gasteiger partial charge on any atom is 0.0787 e. The minimum Gasteiger partial charge on any atom is -0.393 e. The summed E-state index contributed by atoms with van der Waals surface area (Å²) in [4.78, 5) is 0. The quantitative estimate of drug-likeness (QED) is 0.788. The van der Waals surface area contributed by atoms with Crippen LogP contribution in [0, 0.1) is 0 Å². The van der Waals surface area contributed by atoms with E-state index in [1.165, 1.54) is 24.8 Å². The zero-order valence-corrected chi connectivity index (χ0v) is 12.4. The molecule has 20 heavy (non-hydrogen) atoms. The molecule has 2 heteroatoms. The molecule has 1 saturated heterocycles. The first-order valence-electron chi connectivity index (χ1n) is 7.84. The molecular formula is C18H26O2. The van der Waals surface area contributed by atoms with Crippen LogP contribution in [0.15, 0.2) is 36.4 Å². The van der Waals surface area contributed by atoms with Crippen molar-refractivity contribution in [1.29, 1.82) is 0 Å². The van der Waals surface area contributed by atoms with Crippen molar-refractivity contribution >= 4 is 6.08 Å². The second-order valence-corrected chi connectivity index (χ2v) is 5.69. The number of rotatable bonds is 6. The van der Waals surface area contributed by atoms with E-state index in [9.17, 15) is 5.11 Å². The first kappa shape index (κ1) is 15.3. The highest BCUT2D eigenvalue weighted by Gasteiger charge is 2.26. The van der Waals surface area contributed by atoms with Crippen LogP contribution < -0.4 is 0 Å². The van der Waals surface area contributed by atoms with Crippen molar-refractivity contribution in [3.8, 4) is 0 Å². The summed E-state index contributed by atoms with van der Waals surface area (Å²) in [7, 11) is 0. The molecule has 0 aromatic heterocycles. The summed E-state index contributed by atoms with van der Waals surface area (Å²) in [5.74, 6) is 0. The zero-order chi connectivity index (χ0) is 14.2. The molecule has 1 heterocycles. The van der Waals surface area contributed by atoms with E-state index in [1.807, 2.05) is 18.2 Å². The summed E-state index contributed by atoms with van der Waals surface area (Å²) >= 11 is 0. The minimum atomic E-state index is -0.221. The third-order valence-electron chi connectivity index (χ3n) is 3.84. The molecule has 0 bridgehead atoms. The molecule has 2 rings (SSSR count). The van der Waals surface area contributed by atoms with Crippen molar-refractivity contribution in [3.63, 3.8) is 0 Å². The predicted molar refractivity (Wildman–Crippen MR) is 83.5 cm³/mol. The molecule has 0 unspecified atom stereocenters. The van der Waals surface area contributed by atoms with Crippen LogP contribution in [0.2, 0.25) is 0 Å². The van der Waals surface area contributed by atoms with Gasteiger partial charge in [-0.15, -0.1) is 0 Å². The molecule has 1 fully saturated rings. The van der Waals surface area contributed by atoms with Crippen molar-refractivity contribution in [2.45, 2.75) is 63.8 Å². The lowest BCUT2D eigenvalue weighted by molar-refractivity contribution is -0.0787. The Hall–Kier alpha value is -1.12. The van der Waals surface area contributed by atoms with Gasteiger partial charge in [0.15, 0.2) is 0 Å². The van der Waals surface area contributed by atoms with Gasteiger partial charge in [-0.2, -0.15) is 0 Å². The van der Waals surface area contributed by atoms with Gasteiger partial charge in [0.1, 0.15) is 0 Å². The normalized spacial score (nSPS) is 27.0. The Morgan fingerprint density at radius 2 is 2.00 bits per heavy atom. The monoisotopic (exact) mass is 274 g/mol. The Bertz CT molecular complexity index is 399. The first-order valence-corrected chi connectivity index (χ1v) is 7.84. The minimum absolute atomic E-state index is 0.0468. The van der Waals surface area contributed by atoms with Crippen LogP contribution in [-0.2, 0) is 4.74 Å². The number of hydrogen-bond donors (Lipinski definition) is 1. The molecule has 0 amide bonds. The fourth-order valence-corrected chi connectivity index (χ4v) is 2.74. The van der Waals surface area contributed by atoms with Gasteiger partial charge >= 0.3 is 0 Å². The lowest BCUT2D eigenvalue weighted by Crippen LogP contribution is -2.34. The van der Waals surface area contributed by atoms with Crippen LogP contribution in [-0.4, -0.2) is 23.4 Å². The molecular weight excluding hydrogens is 248 g/mol. The molecule has 2 nitrogen and oxygen atoms in total. The van der Waals surface area contributed by atoms with E-state index in [-0.39, 0.29) is 18.3 Å². The maximum absolute atomic E-state index is 9.99. The lowest BCUT2D eigenvalue weighted by atomic mass is 9.97. The van der Waals surface area contributed by atoms with E-state index in [1.54, 1.807) is 0 Å². The van der Waals surface area contributed by atoms with Gasteiger partial charge in [-0.05, 0) is 18.4 Å². The molecule has 1 aromatic rings. The van der Waals surface area contributed by atoms with Gasteiger partial charge in [0.25, 0.3) is 0 Å². The number of benzene rings is 1. The van der Waals surface area contributed by atoms with E-state index in [2.05, 4.69) is 31.2 Å². The molecule has 0 spiro atoms. The third-order valence-corrected chi connectivity index (χ3v) is 3.84. The van der Waals surface area contributed by atoms with E-state index in [4.69, 9.17) is 4.74 Å². The highest BCUT2D eigenvalue weighted by Crippen LogP contribution is 2.24. The first-order chi connectivity index (χ1) is 9.78. The molecule has 0 aliphatic carbocycles. The fraction of sp³-hybridized carbons (Fsp3) is 0.556. The summed E-state index contributed by atoms with van der Waals surface area (Å²) in [5.41, 5.74) is 1.18. The third kappa shape index (κ3) is 5.10. The van der Waals surface area contributed by atoms with Crippen LogP contribution >= 0.6 is 0 Å². The topological polar surface area (TPSA) is 29.5 Å². The number of ether oxygens (including phenoxy) is 1. The summed E-state index contributed by atoms with van der Waals surface area (Å²) < 4.78 is 6.08. The van der Waals surface area contributed by atoms with Gasteiger partial charge in [-0.1, -0.05) is 68.7 Å². The highest BCUT2D eigenvalue weighted by molar-refractivity contribution is 5.49. The molecule has 1 aliphatic heterocycles. The van der Waals surface area contributed by atoms with Crippen LogP contribution in [0.1, 0.15) is 51.0 Å². The number of unbranched alkanes of at least 4 members (excludes halogenated alkanes) is 2. The van der Waals surface area contributed by atoms with Gasteiger partial charge in [0.05, 0.1) is 18.3 Å². The largest absolute Gasteiger partial charge is 0.393 e. The van der Waals surface area contributed by atoms with Crippen LogP contribution in [0.5, 0.6) is 0 Å². The van der Waals surface area contributed by atoms with Crippen molar-refractivity contribution in [1.82, 2.24) is 0 Å². The summed E-state index contributed by atoms with van der Waals surface area (Å²) in [6, 6.07) is 10.2. The summed E-state index contributed by atoms with van der Waals surface area (Å²) in [6.45, 7) is 2.21. The number of hydrogen-bond acceptors (Lipinski definition) is 2. The Kier molecular flexibility index (Phi) is 6.28. The average molecular weight is 274 g/mol. The van der Waals surface area contributed by atoms with Gasteiger partial charge in [-0.25, -0.2) is 0 Å². The van der Waals surface area contributed by atoms with Crippen LogP contribution in [0.4, 0.5) is 0 Å². The molecule has 110 valence electrons. The van der Waals surface area contributed by atoms with E-state index in [0.717, 1.165) is 12.8 Å². The smallest absolute Gasteiger partial charge is 0.0787 e. The maximum atomic E-state index is 9.99. The van der Waals surface area contributed by atoms with Gasteiger partial charge in [-0.3, -0.25) is 0 Å². The van der Waals surface area contributed by atoms with Crippen molar-refractivity contribution in [2.75, 3.05) is 0 Å². The van der Waals surface area contributed by atoms with Crippen molar-refractivity contribution in [3.05, 3.63) is 42.0 Å². The van der Waals surface area contributed by atoms with Crippen LogP contribution in [0.25, 0.3) is 6.08 Å². The Balaban J connectivity index is 1.86. The van der Waals surface area contributed by atoms with Crippen molar-refractivity contribution in [2.24, 2.45) is 0 Å². The fourth-order valence-electron chi connectivity index (χ4n) is 2.74. The molecule has 1 N–H and O–H groups in total. The number of aliphatic hydroxyl groups is 1. The molecule has 0 radical (unpaired) electrons. The Morgan fingerprint density at radius 3 is 2.75 bits per heavy atom. The van der Waals surface area contributed by atoms with Gasteiger partial charge < -0.3 is 9.84 Å². The van der Waals surface area contributed by atoms with Gasteiger partial charge in [0, 0.05) is 6.42 Å². The van der Waals surface area contributed by atoms with Gasteiger partial charge in [0.2, 0.25) is 0 Å².